The largest absolute Gasteiger partial charge is 0.338 e. The van der Waals surface area contributed by atoms with E-state index in [9.17, 15) is 4.79 Å². The highest BCUT2D eigenvalue weighted by molar-refractivity contribution is 5.79. The number of nitrogens with two attached hydrogens (primary N) is 1. The van der Waals surface area contributed by atoms with Crippen molar-refractivity contribution in [1.29, 1.82) is 0 Å². The Morgan fingerprint density at radius 1 is 1.40 bits per heavy atom. The summed E-state index contributed by atoms with van der Waals surface area (Å²) in [5.74, 6) is 0.994. The molecule has 0 aliphatic carbocycles. The van der Waals surface area contributed by atoms with E-state index < -0.39 is 0 Å². The maximum absolute atomic E-state index is 11.6. The molecular weight excluding hydrogens is 188 g/mol. The quantitative estimate of drug-likeness (QED) is 0.755. The molecule has 1 heterocycles. The number of likely N-dealkylation sites (tertiary alicyclic amines) is 1. The van der Waals surface area contributed by atoms with E-state index in [1.54, 1.807) is 0 Å². The Morgan fingerprint density at radius 3 is 2.53 bits per heavy atom. The number of rotatable bonds is 5. The first-order chi connectivity index (χ1) is 7.00. The van der Waals surface area contributed by atoms with E-state index >= 15 is 0 Å². The first-order valence-corrected chi connectivity index (χ1v) is 6.05. The summed E-state index contributed by atoms with van der Waals surface area (Å²) in [6.07, 6.45) is 4.10. The van der Waals surface area contributed by atoms with Gasteiger partial charge in [-0.05, 0) is 19.3 Å². The third kappa shape index (κ3) is 3.82. The Balaban J connectivity index is 2.27. The molecule has 15 heavy (non-hydrogen) atoms. The molecule has 1 rings (SSSR count). The van der Waals surface area contributed by atoms with Crippen molar-refractivity contribution in [3.63, 3.8) is 0 Å². The van der Waals surface area contributed by atoms with Crippen molar-refractivity contribution >= 4 is 5.91 Å². The van der Waals surface area contributed by atoms with Crippen LogP contribution in [0, 0.1) is 5.92 Å². The van der Waals surface area contributed by atoms with Crippen LogP contribution in [0.25, 0.3) is 0 Å². The number of carbonyl (C=O) groups excluding carboxylic acids is 1. The Hall–Kier alpha value is -0.570. The molecule has 0 aromatic carbocycles. The fraction of sp³-hybridized carbons (Fsp3) is 0.917. The van der Waals surface area contributed by atoms with Crippen molar-refractivity contribution in [2.75, 3.05) is 6.54 Å². The third-order valence-electron chi connectivity index (χ3n) is 3.12. The van der Waals surface area contributed by atoms with Gasteiger partial charge in [0.15, 0.2) is 0 Å². The van der Waals surface area contributed by atoms with Gasteiger partial charge in [0.1, 0.15) is 0 Å². The van der Waals surface area contributed by atoms with Crippen LogP contribution < -0.4 is 5.73 Å². The van der Waals surface area contributed by atoms with Gasteiger partial charge < -0.3 is 10.6 Å². The summed E-state index contributed by atoms with van der Waals surface area (Å²) in [6, 6.07) is 0.426. The van der Waals surface area contributed by atoms with Crippen molar-refractivity contribution < 1.29 is 4.79 Å². The summed E-state index contributed by atoms with van der Waals surface area (Å²) in [7, 11) is 0. The Kier molecular flexibility index (Phi) is 4.58. The van der Waals surface area contributed by atoms with Crippen LogP contribution in [0.4, 0.5) is 0 Å². The summed E-state index contributed by atoms with van der Waals surface area (Å²) in [5.41, 5.74) is 5.77. The van der Waals surface area contributed by atoms with Crippen LogP contribution in [-0.4, -0.2) is 29.4 Å². The summed E-state index contributed by atoms with van der Waals surface area (Å²) in [4.78, 5) is 13.5. The predicted octanol–water partition coefficient (Wildman–Crippen LogP) is 1.76. The number of amides is 1. The summed E-state index contributed by atoms with van der Waals surface area (Å²) < 4.78 is 0. The average molecular weight is 212 g/mol. The summed E-state index contributed by atoms with van der Waals surface area (Å²) in [5, 5.41) is 0. The van der Waals surface area contributed by atoms with Crippen LogP contribution in [0.1, 0.15) is 46.5 Å². The molecule has 2 N–H and O–H groups in total. The monoisotopic (exact) mass is 212 g/mol. The van der Waals surface area contributed by atoms with E-state index in [4.69, 9.17) is 5.73 Å². The lowest BCUT2D eigenvalue weighted by molar-refractivity contribution is -0.129. The van der Waals surface area contributed by atoms with Crippen LogP contribution in [0.2, 0.25) is 0 Å². The van der Waals surface area contributed by atoms with Crippen molar-refractivity contribution in [2.24, 2.45) is 11.7 Å². The lowest BCUT2D eigenvalue weighted by atomic mass is 10.0. The minimum absolute atomic E-state index is 0.0602. The molecule has 0 radical (unpaired) electrons. The Labute approximate surface area is 93.0 Å². The van der Waals surface area contributed by atoms with Gasteiger partial charge in [0, 0.05) is 25.0 Å². The zero-order chi connectivity index (χ0) is 11.4. The molecule has 1 amide bonds. The molecule has 1 saturated heterocycles. The Bertz CT molecular complexity index is 216. The molecule has 1 aliphatic heterocycles. The molecule has 2 atom stereocenters. The van der Waals surface area contributed by atoms with Crippen molar-refractivity contribution in [3.8, 4) is 0 Å². The zero-order valence-electron chi connectivity index (χ0n) is 10.2. The van der Waals surface area contributed by atoms with Gasteiger partial charge in [0.25, 0.3) is 0 Å². The Morgan fingerprint density at radius 2 is 2.07 bits per heavy atom. The first kappa shape index (κ1) is 12.5. The molecular formula is C12H24N2O. The number of hydrogen-bond donors (Lipinski definition) is 1. The standard InChI is InChI=1S/C12H24N2O/c1-9(2)5-4-6-10(3)14-8-11(13)7-12(14)15/h9-11H,4-8,13H2,1-3H3. The van der Waals surface area contributed by atoms with Gasteiger partial charge in [-0.25, -0.2) is 0 Å². The number of carbonyl (C=O) groups is 1. The molecule has 3 heteroatoms. The second-order valence-corrected chi connectivity index (χ2v) is 5.18. The molecule has 0 spiro atoms. The fourth-order valence-corrected chi connectivity index (χ4v) is 2.16. The first-order valence-electron chi connectivity index (χ1n) is 6.05. The second-order valence-electron chi connectivity index (χ2n) is 5.18. The molecule has 0 bridgehead atoms. The van der Waals surface area contributed by atoms with Gasteiger partial charge in [-0.15, -0.1) is 0 Å². The van der Waals surface area contributed by atoms with E-state index in [1.165, 1.54) is 12.8 Å². The van der Waals surface area contributed by atoms with Crippen LogP contribution in [0.15, 0.2) is 0 Å². The molecule has 0 aromatic heterocycles. The summed E-state index contributed by atoms with van der Waals surface area (Å²) in [6.45, 7) is 7.36. The van der Waals surface area contributed by atoms with Crippen LogP contribution >= 0.6 is 0 Å². The SMILES string of the molecule is CC(C)CCCC(C)N1CC(N)CC1=O. The third-order valence-corrected chi connectivity index (χ3v) is 3.12. The minimum Gasteiger partial charge on any atom is -0.338 e. The molecule has 3 nitrogen and oxygen atoms in total. The zero-order valence-corrected chi connectivity index (χ0v) is 10.2. The minimum atomic E-state index is 0.0602. The van der Waals surface area contributed by atoms with Gasteiger partial charge in [-0.3, -0.25) is 4.79 Å². The van der Waals surface area contributed by atoms with Crippen molar-refractivity contribution in [1.82, 2.24) is 4.90 Å². The second kappa shape index (κ2) is 5.50. The normalized spacial score (nSPS) is 23.9. The summed E-state index contributed by atoms with van der Waals surface area (Å²) >= 11 is 0. The van der Waals surface area contributed by atoms with E-state index in [0.29, 0.717) is 12.5 Å². The van der Waals surface area contributed by atoms with Gasteiger partial charge in [0.05, 0.1) is 0 Å². The predicted molar refractivity (Wildman–Crippen MR) is 62.5 cm³/mol. The van der Waals surface area contributed by atoms with Crippen LogP contribution in [0.3, 0.4) is 0 Å². The topological polar surface area (TPSA) is 46.3 Å². The molecule has 2 unspecified atom stereocenters. The van der Waals surface area contributed by atoms with Gasteiger partial charge in [0.2, 0.25) is 5.91 Å². The van der Waals surface area contributed by atoms with E-state index in [1.807, 2.05) is 4.90 Å². The highest BCUT2D eigenvalue weighted by Crippen LogP contribution is 2.17. The lowest BCUT2D eigenvalue weighted by Crippen LogP contribution is -2.36. The van der Waals surface area contributed by atoms with Gasteiger partial charge in [-0.2, -0.15) is 0 Å². The van der Waals surface area contributed by atoms with Crippen LogP contribution in [-0.2, 0) is 4.79 Å². The van der Waals surface area contributed by atoms with E-state index in [0.717, 1.165) is 18.9 Å². The van der Waals surface area contributed by atoms with Crippen LogP contribution in [0.5, 0.6) is 0 Å². The van der Waals surface area contributed by atoms with Gasteiger partial charge in [-0.1, -0.05) is 26.7 Å². The molecule has 1 fully saturated rings. The molecule has 0 saturated carbocycles. The maximum Gasteiger partial charge on any atom is 0.224 e. The average Bonchev–Trinajstić information content (AvgIpc) is 2.44. The molecule has 1 aliphatic rings. The van der Waals surface area contributed by atoms with Crippen molar-refractivity contribution in [2.45, 2.75) is 58.5 Å². The lowest BCUT2D eigenvalue weighted by Gasteiger charge is -2.24. The highest BCUT2D eigenvalue weighted by atomic mass is 16.2. The van der Waals surface area contributed by atoms with E-state index in [2.05, 4.69) is 20.8 Å². The molecule has 0 aromatic rings. The van der Waals surface area contributed by atoms with Crippen molar-refractivity contribution in [3.05, 3.63) is 0 Å². The van der Waals surface area contributed by atoms with E-state index in [-0.39, 0.29) is 11.9 Å². The number of hydrogen-bond acceptors (Lipinski definition) is 2. The molecule has 88 valence electrons. The smallest absolute Gasteiger partial charge is 0.224 e. The highest BCUT2D eigenvalue weighted by Gasteiger charge is 2.29. The number of nitrogens with zero attached hydrogens (tertiary/aromatic N) is 1. The fourth-order valence-electron chi connectivity index (χ4n) is 2.16. The van der Waals surface area contributed by atoms with Gasteiger partial charge >= 0.3 is 0 Å². The maximum atomic E-state index is 11.6.